The molecule has 21 heavy (non-hydrogen) atoms. The van der Waals surface area contributed by atoms with E-state index in [9.17, 15) is 13.2 Å². The van der Waals surface area contributed by atoms with Gasteiger partial charge >= 0.3 is 0 Å². The molecular formula is C15H21NO4S. The molecular weight excluding hydrogens is 290 g/mol. The number of hydrogen-bond acceptors (Lipinski definition) is 4. The molecule has 0 unspecified atom stereocenters. The average molecular weight is 311 g/mol. The molecule has 0 aromatic heterocycles. The van der Waals surface area contributed by atoms with Crippen molar-refractivity contribution in [1.29, 1.82) is 0 Å². The number of hydrogen-bond donors (Lipinski definition) is 1. The number of rotatable bonds is 5. The highest BCUT2D eigenvalue weighted by Crippen LogP contribution is 2.21. The summed E-state index contributed by atoms with van der Waals surface area (Å²) in [6.45, 7) is 4.42. The molecule has 116 valence electrons. The number of nitrogens with one attached hydrogen (secondary N) is 1. The van der Waals surface area contributed by atoms with Crippen LogP contribution in [-0.4, -0.2) is 32.4 Å². The number of carbonyl (C=O) groups is 1. The Balaban J connectivity index is 1.94. The summed E-state index contributed by atoms with van der Waals surface area (Å²) in [6, 6.07) is 7.38. The highest BCUT2D eigenvalue weighted by Gasteiger charge is 2.33. The summed E-state index contributed by atoms with van der Waals surface area (Å²) >= 11 is 0. The molecule has 2 rings (SSSR count). The molecule has 1 heterocycles. The number of ether oxygens (including phenoxy) is 1. The summed E-state index contributed by atoms with van der Waals surface area (Å²) in [5, 5.41) is 2.88. The monoisotopic (exact) mass is 311 g/mol. The first kappa shape index (κ1) is 15.8. The first-order valence-electron chi connectivity index (χ1n) is 7.15. The van der Waals surface area contributed by atoms with Gasteiger partial charge in [-0.15, -0.1) is 0 Å². The Labute approximate surface area is 125 Å². The fraction of sp³-hybridized carbons (Fsp3) is 0.533. The molecule has 0 radical (unpaired) electrons. The van der Waals surface area contributed by atoms with E-state index in [0.29, 0.717) is 13.0 Å². The van der Waals surface area contributed by atoms with Gasteiger partial charge in [0.1, 0.15) is 5.75 Å². The Morgan fingerprint density at radius 1 is 1.38 bits per heavy atom. The number of carbonyl (C=O) groups excluding carboxylic acids is 1. The van der Waals surface area contributed by atoms with Crippen LogP contribution in [0.1, 0.15) is 31.9 Å². The van der Waals surface area contributed by atoms with E-state index >= 15 is 0 Å². The van der Waals surface area contributed by atoms with Crippen LogP contribution in [-0.2, 0) is 14.6 Å². The van der Waals surface area contributed by atoms with Crippen LogP contribution in [0.2, 0.25) is 0 Å². The van der Waals surface area contributed by atoms with Crippen molar-refractivity contribution in [2.24, 2.45) is 5.92 Å². The van der Waals surface area contributed by atoms with E-state index < -0.39 is 15.8 Å². The molecule has 1 aromatic carbocycles. The van der Waals surface area contributed by atoms with E-state index in [0.717, 1.165) is 11.3 Å². The van der Waals surface area contributed by atoms with Gasteiger partial charge in [0.15, 0.2) is 9.84 Å². The Bertz CT molecular complexity index is 595. The smallest absolute Gasteiger partial charge is 0.224 e. The third-order valence-corrected chi connectivity index (χ3v) is 5.42. The van der Waals surface area contributed by atoms with Crippen LogP contribution < -0.4 is 10.1 Å². The van der Waals surface area contributed by atoms with Gasteiger partial charge in [0, 0.05) is 0 Å². The second-order valence-electron chi connectivity index (χ2n) is 5.33. The fourth-order valence-corrected chi connectivity index (χ4v) is 4.18. The van der Waals surface area contributed by atoms with Crippen LogP contribution in [0.3, 0.4) is 0 Å². The van der Waals surface area contributed by atoms with Gasteiger partial charge in [-0.2, -0.15) is 0 Å². The molecule has 5 nitrogen and oxygen atoms in total. The molecule has 6 heteroatoms. The van der Waals surface area contributed by atoms with Crippen molar-refractivity contribution >= 4 is 15.7 Å². The summed E-state index contributed by atoms with van der Waals surface area (Å²) in [4.78, 5) is 12.1. The first-order valence-corrected chi connectivity index (χ1v) is 8.97. The van der Waals surface area contributed by atoms with Crippen molar-refractivity contribution in [3.8, 4) is 5.75 Å². The lowest BCUT2D eigenvalue weighted by Gasteiger charge is -2.17. The maximum Gasteiger partial charge on any atom is 0.224 e. The van der Waals surface area contributed by atoms with Crippen LogP contribution in [0.25, 0.3) is 0 Å². The number of sulfone groups is 1. The fourth-order valence-electron chi connectivity index (χ4n) is 2.44. The topological polar surface area (TPSA) is 72.5 Å². The molecule has 1 amide bonds. The predicted molar refractivity (Wildman–Crippen MR) is 80.9 cm³/mol. The van der Waals surface area contributed by atoms with Gasteiger partial charge in [-0.05, 0) is 38.0 Å². The third kappa shape index (κ3) is 4.20. The maximum atomic E-state index is 12.1. The molecule has 0 spiro atoms. The summed E-state index contributed by atoms with van der Waals surface area (Å²) in [6.07, 6.45) is 0.421. The van der Waals surface area contributed by atoms with Gasteiger partial charge < -0.3 is 10.1 Å². The van der Waals surface area contributed by atoms with Crippen LogP contribution >= 0.6 is 0 Å². The molecule has 1 aliphatic rings. The largest absolute Gasteiger partial charge is 0.494 e. The van der Waals surface area contributed by atoms with Crippen molar-refractivity contribution in [1.82, 2.24) is 5.32 Å². The lowest BCUT2D eigenvalue weighted by molar-refractivity contribution is -0.124. The number of benzene rings is 1. The van der Waals surface area contributed by atoms with E-state index in [1.165, 1.54) is 0 Å². The highest BCUT2D eigenvalue weighted by molar-refractivity contribution is 7.91. The molecule has 1 saturated heterocycles. The minimum Gasteiger partial charge on any atom is -0.494 e. The SMILES string of the molecule is CCOc1ccc([C@@H](C)NC(=O)[C@@H]2CCS(=O)(=O)C2)cc1. The maximum absolute atomic E-state index is 12.1. The first-order chi connectivity index (χ1) is 9.91. The van der Waals surface area contributed by atoms with Gasteiger partial charge in [0.2, 0.25) is 5.91 Å². The molecule has 1 fully saturated rings. The molecule has 0 aliphatic carbocycles. The van der Waals surface area contributed by atoms with E-state index in [4.69, 9.17) is 4.74 Å². The minimum atomic E-state index is -3.03. The summed E-state index contributed by atoms with van der Waals surface area (Å²) in [7, 11) is -3.03. The molecule has 0 saturated carbocycles. The molecule has 1 aromatic rings. The van der Waals surface area contributed by atoms with Crippen LogP contribution in [0.5, 0.6) is 5.75 Å². The van der Waals surface area contributed by atoms with Gasteiger partial charge in [-0.1, -0.05) is 12.1 Å². The van der Waals surface area contributed by atoms with Crippen molar-refractivity contribution in [3.63, 3.8) is 0 Å². The molecule has 0 bridgehead atoms. The standard InChI is InChI=1S/C15H21NO4S/c1-3-20-14-6-4-12(5-7-14)11(2)16-15(17)13-8-9-21(18,19)10-13/h4-7,11,13H,3,8-10H2,1-2H3,(H,16,17)/t11-,13-/m1/s1. The van der Waals surface area contributed by atoms with Crippen LogP contribution in [0.15, 0.2) is 24.3 Å². The quantitative estimate of drug-likeness (QED) is 0.898. The number of amides is 1. The minimum absolute atomic E-state index is 0.0329. The van der Waals surface area contributed by atoms with Gasteiger partial charge in [0.25, 0.3) is 0 Å². The summed E-state index contributed by atoms with van der Waals surface area (Å²) < 4.78 is 28.2. The zero-order valence-electron chi connectivity index (χ0n) is 12.3. The summed E-state index contributed by atoms with van der Waals surface area (Å²) in [5.41, 5.74) is 0.965. The zero-order valence-corrected chi connectivity index (χ0v) is 13.2. The predicted octanol–water partition coefficient (Wildman–Crippen LogP) is 1.70. The van der Waals surface area contributed by atoms with Crippen molar-refractivity contribution in [2.75, 3.05) is 18.1 Å². The van der Waals surface area contributed by atoms with E-state index in [2.05, 4.69) is 5.32 Å². The molecule has 1 aliphatic heterocycles. The Hall–Kier alpha value is -1.56. The second kappa shape index (κ2) is 6.47. The average Bonchev–Trinajstić information content (AvgIpc) is 2.80. The van der Waals surface area contributed by atoms with Gasteiger partial charge in [-0.25, -0.2) is 8.42 Å². The van der Waals surface area contributed by atoms with Crippen molar-refractivity contribution in [2.45, 2.75) is 26.3 Å². The second-order valence-corrected chi connectivity index (χ2v) is 7.56. The normalized spacial score (nSPS) is 21.7. The van der Waals surface area contributed by atoms with Gasteiger partial charge in [0.05, 0.1) is 30.1 Å². The van der Waals surface area contributed by atoms with Crippen LogP contribution in [0.4, 0.5) is 0 Å². The van der Waals surface area contributed by atoms with Crippen LogP contribution in [0, 0.1) is 5.92 Å². The lowest BCUT2D eigenvalue weighted by atomic mass is 10.1. The van der Waals surface area contributed by atoms with E-state index in [-0.39, 0.29) is 23.5 Å². The highest BCUT2D eigenvalue weighted by atomic mass is 32.2. The Morgan fingerprint density at radius 2 is 2.05 bits per heavy atom. The van der Waals surface area contributed by atoms with Gasteiger partial charge in [-0.3, -0.25) is 4.79 Å². The Kier molecular flexibility index (Phi) is 4.88. The third-order valence-electron chi connectivity index (χ3n) is 3.65. The molecule has 1 N–H and O–H groups in total. The van der Waals surface area contributed by atoms with E-state index in [1.807, 2.05) is 38.1 Å². The molecule has 2 atom stereocenters. The van der Waals surface area contributed by atoms with E-state index in [1.54, 1.807) is 0 Å². The zero-order chi connectivity index (χ0) is 15.5. The Morgan fingerprint density at radius 3 is 2.57 bits per heavy atom. The van der Waals surface area contributed by atoms with Crippen molar-refractivity contribution in [3.05, 3.63) is 29.8 Å². The summed E-state index contributed by atoms with van der Waals surface area (Å²) in [5.74, 6) is 0.274. The van der Waals surface area contributed by atoms with Crippen molar-refractivity contribution < 1.29 is 17.9 Å². The lowest BCUT2D eigenvalue weighted by Crippen LogP contribution is -2.33.